The fourth-order valence-corrected chi connectivity index (χ4v) is 3.82. The van der Waals surface area contributed by atoms with Crippen molar-refractivity contribution in [3.8, 4) is 0 Å². The minimum Gasteiger partial charge on any atom is -0.319 e. The van der Waals surface area contributed by atoms with Crippen LogP contribution in [0.4, 0.5) is 10.1 Å². The van der Waals surface area contributed by atoms with Crippen LogP contribution in [0.3, 0.4) is 0 Å². The molecule has 0 aliphatic rings. The summed E-state index contributed by atoms with van der Waals surface area (Å²) in [6.45, 7) is 5.53. The summed E-state index contributed by atoms with van der Waals surface area (Å²) in [5.74, 6) is -0.374. The quantitative estimate of drug-likeness (QED) is 0.732. The molecule has 1 amide bonds. The highest BCUT2D eigenvalue weighted by atomic mass is 35.5. The summed E-state index contributed by atoms with van der Waals surface area (Å²) < 4.78 is 13.9. The molecule has 23 heavy (non-hydrogen) atoms. The highest BCUT2D eigenvalue weighted by Gasteiger charge is 2.20. The molecule has 0 aliphatic heterocycles. The maximum atomic E-state index is 13.9. The van der Waals surface area contributed by atoms with Gasteiger partial charge in [0, 0.05) is 11.1 Å². The van der Waals surface area contributed by atoms with Crippen LogP contribution in [0.1, 0.15) is 26.8 Å². The molecule has 0 fully saturated rings. The zero-order valence-corrected chi connectivity index (χ0v) is 14.3. The van der Waals surface area contributed by atoms with Gasteiger partial charge in [0.1, 0.15) is 10.7 Å². The van der Waals surface area contributed by atoms with Gasteiger partial charge in [-0.1, -0.05) is 17.7 Å². The monoisotopic (exact) mass is 349 g/mol. The summed E-state index contributed by atoms with van der Waals surface area (Å²) in [5, 5.41) is 3.41. The minimum atomic E-state index is -0.645. The van der Waals surface area contributed by atoms with E-state index in [9.17, 15) is 9.18 Å². The number of amides is 1. The van der Waals surface area contributed by atoms with E-state index in [2.05, 4.69) is 15.3 Å². The van der Waals surface area contributed by atoms with Crippen LogP contribution in [0.2, 0.25) is 5.02 Å². The first-order valence-corrected chi connectivity index (χ1v) is 8.07. The van der Waals surface area contributed by atoms with E-state index in [-0.39, 0.29) is 16.6 Å². The molecule has 0 saturated carbocycles. The molecule has 0 aliphatic carbocycles. The number of hydrogen-bond acceptors (Lipinski definition) is 4. The number of carbonyl (C=O) groups is 1. The van der Waals surface area contributed by atoms with Crippen LogP contribution in [-0.4, -0.2) is 15.9 Å². The van der Waals surface area contributed by atoms with E-state index in [1.807, 2.05) is 20.8 Å². The van der Waals surface area contributed by atoms with Crippen molar-refractivity contribution in [2.45, 2.75) is 20.8 Å². The van der Waals surface area contributed by atoms with Crippen LogP contribution < -0.4 is 5.32 Å². The van der Waals surface area contributed by atoms with Crippen molar-refractivity contribution < 1.29 is 9.18 Å². The Balaban J connectivity index is 2.03. The van der Waals surface area contributed by atoms with E-state index in [1.54, 1.807) is 6.07 Å². The van der Waals surface area contributed by atoms with Crippen molar-refractivity contribution >= 4 is 44.7 Å². The fourth-order valence-electron chi connectivity index (χ4n) is 2.47. The number of aromatic nitrogens is 2. The molecule has 2 aromatic heterocycles. The molecule has 2 heterocycles. The summed E-state index contributed by atoms with van der Waals surface area (Å²) in [4.78, 5) is 22.5. The number of rotatable bonds is 2. The third-order valence-electron chi connectivity index (χ3n) is 3.49. The van der Waals surface area contributed by atoms with Crippen molar-refractivity contribution in [1.82, 2.24) is 9.97 Å². The van der Waals surface area contributed by atoms with Gasteiger partial charge in [0.25, 0.3) is 5.91 Å². The average molecular weight is 350 g/mol. The average Bonchev–Trinajstić information content (AvgIpc) is 2.81. The molecule has 0 atom stereocenters. The number of fused-ring (bicyclic) bond motifs is 1. The number of anilines is 1. The van der Waals surface area contributed by atoms with Crippen LogP contribution >= 0.6 is 22.9 Å². The first-order valence-electron chi connectivity index (χ1n) is 6.88. The molecule has 3 rings (SSSR count). The Morgan fingerprint density at radius 2 is 2.00 bits per heavy atom. The Labute approximate surface area is 141 Å². The Bertz CT molecular complexity index is 939. The molecular weight excluding hydrogens is 337 g/mol. The number of carbonyl (C=O) groups excluding carboxylic acids is 1. The number of hydrogen-bond donors (Lipinski definition) is 1. The molecule has 7 heteroatoms. The van der Waals surface area contributed by atoms with Crippen LogP contribution in [0.25, 0.3) is 10.2 Å². The van der Waals surface area contributed by atoms with E-state index < -0.39 is 5.82 Å². The highest BCUT2D eigenvalue weighted by Crippen LogP contribution is 2.32. The van der Waals surface area contributed by atoms with Gasteiger partial charge in [0.15, 0.2) is 5.82 Å². The smallest absolute Gasteiger partial charge is 0.266 e. The van der Waals surface area contributed by atoms with Crippen LogP contribution in [0, 0.1) is 26.6 Å². The first kappa shape index (κ1) is 15.8. The Kier molecular flexibility index (Phi) is 4.04. The number of benzene rings is 1. The Morgan fingerprint density at radius 3 is 2.74 bits per heavy atom. The van der Waals surface area contributed by atoms with Gasteiger partial charge in [-0.05, 0) is 38.5 Å². The second-order valence-corrected chi connectivity index (χ2v) is 6.55. The second kappa shape index (κ2) is 5.86. The van der Waals surface area contributed by atoms with Crippen LogP contribution in [-0.2, 0) is 0 Å². The number of nitrogens with zero attached hydrogens (tertiary/aromatic N) is 2. The third kappa shape index (κ3) is 2.80. The molecule has 0 bridgehead atoms. The lowest BCUT2D eigenvalue weighted by Gasteiger charge is -2.06. The van der Waals surface area contributed by atoms with Gasteiger partial charge in [-0.3, -0.25) is 4.79 Å². The lowest BCUT2D eigenvalue weighted by molar-refractivity contribution is 0.102. The van der Waals surface area contributed by atoms with Crippen LogP contribution in [0.5, 0.6) is 0 Å². The van der Waals surface area contributed by atoms with Crippen LogP contribution in [0.15, 0.2) is 18.2 Å². The predicted octanol–water partition coefficient (Wildman–Crippen LogP) is 4.66. The number of thiophene rings is 1. The summed E-state index contributed by atoms with van der Waals surface area (Å²) in [6, 6.07) is 4.48. The lowest BCUT2D eigenvalue weighted by atomic mass is 10.1. The van der Waals surface area contributed by atoms with Gasteiger partial charge in [-0.25, -0.2) is 14.4 Å². The molecule has 0 radical (unpaired) electrons. The molecular formula is C16H13ClFN3OS. The van der Waals surface area contributed by atoms with Gasteiger partial charge in [-0.2, -0.15) is 0 Å². The maximum absolute atomic E-state index is 13.9. The molecule has 1 aromatic carbocycles. The molecule has 0 saturated heterocycles. The summed E-state index contributed by atoms with van der Waals surface area (Å²) in [5.41, 5.74) is 1.68. The SMILES string of the molecule is Cc1nc(C)c2c(C)c(C(=O)Nc3cccc(Cl)c3F)sc2n1. The summed E-state index contributed by atoms with van der Waals surface area (Å²) in [6.07, 6.45) is 0. The second-order valence-electron chi connectivity index (χ2n) is 5.15. The maximum Gasteiger partial charge on any atom is 0.266 e. The molecule has 0 unspecified atom stereocenters. The van der Waals surface area contributed by atoms with E-state index in [0.29, 0.717) is 10.7 Å². The largest absolute Gasteiger partial charge is 0.319 e. The molecule has 3 aromatic rings. The lowest BCUT2D eigenvalue weighted by Crippen LogP contribution is -2.12. The van der Waals surface area contributed by atoms with Crippen molar-refractivity contribution in [2.24, 2.45) is 0 Å². The Morgan fingerprint density at radius 1 is 1.26 bits per heavy atom. The van der Waals surface area contributed by atoms with E-state index in [4.69, 9.17) is 11.6 Å². The summed E-state index contributed by atoms with van der Waals surface area (Å²) in [7, 11) is 0. The number of aryl methyl sites for hydroxylation is 3. The van der Waals surface area contributed by atoms with Crippen molar-refractivity contribution in [3.63, 3.8) is 0 Å². The van der Waals surface area contributed by atoms with E-state index in [0.717, 1.165) is 21.5 Å². The minimum absolute atomic E-state index is 0.0341. The summed E-state index contributed by atoms with van der Waals surface area (Å²) >= 11 is 7.01. The highest BCUT2D eigenvalue weighted by molar-refractivity contribution is 7.20. The standard InChI is InChI=1S/C16H13ClFN3OS/c1-7-12-8(2)19-9(3)20-16(12)23-14(7)15(22)21-11-6-4-5-10(17)13(11)18/h4-6H,1-3H3,(H,21,22). The van der Waals surface area contributed by atoms with Gasteiger partial charge in [-0.15, -0.1) is 11.3 Å². The van der Waals surface area contributed by atoms with Gasteiger partial charge >= 0.3 is 0 Å². The zero-order valence-electron chi connectivity index (χ0n) is 12.7. The van der Waals surface area contributed by atoms with E-state index in [1.165, 1.54) is 23.5 Å². The zero-order chi connectivity index (χ0) is 16.7. The molecule has 118 valence electrons. The number of halogens is 2. The van der Waals surface area contributed by atoms with Crippen molar-refractivity contribution in [3.05, 3.63) is 51.0 Å². The number of nitrogens with one attached hydrogen (secondary N) is 1. The van der Waals surface area contributed by atoms with Crippen molar-refractivity contribution in [1.29, 1.82) is 0 Å². The van der Waals surface area contributed by atoms with Gasteiger partial charge in [0.2, 0.25) is 0 Å². The molecule has 0 spiro atoms. The molecule has 4 nitrogen and oxygen atoms in total. The molecule has 1 N–H and O–H groups in total. The third-order valence-corrected chi connectivity index (χ3v) is 4.97. The van der Waals surface area contributed by atoms with Gasteiger partial charge in [0.05, 0.1) is 15.6 Å². The van der Waals surface area contributed by atoms with Gasteiger partial charge < -0.3 is 5.32 Å². The topological polar surface area (TPSA) is 54.9 Å². The predicted molar refractivity (Wildman–Crippen MR) is 91.0 cm³/mol. The van der Waals surface area contributed by atoms with Crippen molar-refractivity contribution in [2.75, 3.05) is 5.32 Å². The Hall–Kier alpha value is -2.05. The van der Waals surface area contributed by atoms with E-state index >= 15 is 0 Å². The normalized spacial score (nSPS) is 11.0. The first-order chi connectivity index (χ1) is 10.9. The fraction of sp³-hybridized carbons (Fsp3) is 0.188.